The number of carbonyl (C=O) groups excluding carboxylic acids is 3. The lowest BCUT2D eigenvalue weighted by Gasteiger charge is -2.43. The van der Waals surface area contributed by atoms with Crippen molar-refractivity contribution in [2.75, 3.05) is 7.11 Å². The van der Waals surface area contributed by atoms with Gasteiger partial charge in [-0.05, 0) is 6.92 Å². The van der Waals surface area contributed by atoms with Crippen molar-refractivity contribution in [1.82, 2.24) is 5.32 Å². The average molecular weight is 303 g/mol. The van der Waals surface area contributed by atoms with Crippen LogP contribution in [0.3, 0.4) is 0 Å². The monoisotopic (exact) mass is 303 g/mol. The molecule has 120 valence electrons. The van der Waals surface area contributed by atoms with E-state index < -0.39 is 42.6 Å². The van der Waals surface area contributed by atoms with E-state index in [1.165, 1.54) is 27.9 Å². The van der Waals surface area contributed by atoms with E-state index in [9.17, 15) is 14.4 Å². The molecule has 8 nitrogen and oxygen atoms in total. The maximum atomic E-state index is 11.4. The summed E-state index contributed by atoms with van der Waals surface area (Å²) in [6.45, 7) is 5.48. The van der Waals surface area contributed by atoms with E-state index in [1.807, 2.05) is 0 Å². The molecule has 0 aromatic heterocycles. The lowest BCUT2D eigenvalue weighted by Crippen LogP contribution is -2.65. The molecule has 1 aliphatic rings. The largest absolute Gasteiger partial charge is 0.457 e. The number of rotatable bonds is 4. The molecule has 1 rings (SSSR count). The summed E-state index contributed by atoms with van der Waals surface area (Å²) in [5.41, 5.74) is 0. The van der Waals surface area contributed by atoms with Gasteiger partial charge in [0.05, 0.1) is 6.10 Å². The minimum Gasteiger partial charge on any atom is -0.457 e. The van der Waals surface area contributed by atoms with E-state index in [4.69, 9.17) is 18.9 Å². The number of nitrogens with one attached hydrogen (secondary N) is 1. The number of methoxy groups -OCH3 is 1. The van der Waals surface area contributed by atoms with Crippen LogP contribution in [0.15, 0.2) is 0 Å². The fraction of sp³-hybridized carbons (Fsp3) is 0.769. The number of amides is 1. The Balaban J connectivity index is 3.08. The van der Waals surface area contributed by atoms with Gasteiger partial charge in [-0.25, -0.2) is 0 Å². The van der Waals surface area contributed by atoms with Gasteiger partial charge in [0, 0.05) is 27.9 Å². The van der Waals surface area contributed by atoms with Gasteiger partial charge in [-0.1, -0.05) is 0 Å². The smallest absolute Gasteiger partial charge is 0.303 e. The third-order valence-corrected chi connectivity index (χ3v) is 2.99. The highest BCUT2D eigenvalue weighted by Gasteiger charge is 2.48. The molecule has 1 amide bonds. The van der Waals surface area contributed by atoms with Crippen LogP contribution < -0.4 is 5.32 Å². The maximum Gasteiger partial charge on any atom is 0.303 e. The minimum atomic E-state index is -0.919. The fourth-order valence-corrected chi connectivity index (χ4v) is 2.28. The van der Waals surface area contributed by atoms with E-state index in [2.05, 4.69) is 5.32 Å². The molecule has 1 heterocycles. The Labute approximate surface area is 123 Å². The Morgan fingerprint density at radius 3 is 1.95 bits per heavy atom. The minimum absolute atomic E-state index is 0.349. The van der Waals surface area contributed by atoms with Gasteiger partial charge in [0.2, 0.25) is 5.91 Å². The number of hydrogen-bond donors (Lipinski definition) is 1. The Morgan fingerprint density at radius 2 is 1.52 bits per heavy atom. The van der Waals surface area contributed by atoms with Gasteiger partial charge in [-0.15, -0.1) is 0 Å². The van der Waals surface area contributed by atoms with Gasteiger partial charge in [0.15, 0.2) is 18.5 Å². The van der Waals surface area contributed by atoms with Crippen LogP contribution in [-0.2, 0) is 33.3 Å². The molecule has 1 aliphatic heterocycles. The Bertz CT molecular complexity index is 411. The van der Waals surface area contributed by atoms with Crippen LogP contribution in [0.25, 0.3) is 0 Å². The molecule has 0 saturated carbocycles. The highest BCUT2D eigenvalue weighted by molar-refractivity contribution is 5.74. The molecule has 0 aromatic rings. The second-order valence-corrected chi connectivity index (χ2v) is 4.82. The second-order valence-electron chi connectivity index (χ2n) is 4.82. The molecule has 1 fully saturated rings. The van der Waals surface area contributed by atoms with E-state index in [0.29, 0.717) is 0 Å². The van der Waals surface area contributed by atoms with Crippen LogP contribution in [0.1, 0.15) is 27.7 Å². The molecule has 0 unspecified atom stereocenters. The van der Waals surface area contributed by atoms with Crippen molar-refractivity contribution in [3.8, 4) is 0 Å². The van der Waals surface area contributed by atoms with E-state index in [1.54, 1.807) is 6.92 Å². The highest BCUT2D eigenvalue weighted by atomic mass is 16.7. The molecule has 1 saturated heterocycles. The predicted octanol–water partition coefficient (Wildman–Crippen LogP) is -0.254. The van der Waals surface area contributed by atoms with Gasteiger partial charge in [-0.3, -0.25) is 14.4 Å². The van der Waals surface area contributed by atoms with Crippen molar-refractivity contribution in [2.24, 2.45) is 0 Å². The zero-order chi connectivity index (χ0) is 16.2. The molecule has 1 N–H and O–H groups in total. The van der Waals surface area contributed by atoms with E-state index in [0.717, 1.165) is 0 Å². The van der Waals surface area contributed by atoms with Crippen LogP contribution >= 0.6 is 0 Å². The first-order valence-corrected chi connectivity index (χ1v) is 6.56. The number of esters is 2. The van der Waals surface area contributed by atoms with Gasteiger partial charge in [-0.2, -0.15) is 0 Å². The lowest BCUT2D eigenvalue weighted by atomic mass is 9.96. The SMILES string of the molecule is CO[C@@H]1O[C@@H](C)[C@@H](OC(C)=O)[C@H](NC(C)=O)[C@@H]1OC(C)=O. The molecule has 0 spiro atoms. The summed E-state index contributed by atoms with van der Waals surface area (Å²) in [5.74, 6) is -1.43. The van der Waals surface area contributed by atoms with Crippen molar-refractivity contribution in [3.05, 3.63) is 0 Å². The van der Waals surface area contributed by atoms with Crippen molar-refractivity contribution >= 4 is 17.8 Å². The standard InChI is InChI=1S/C13H21NO7/c1-6-11(20-8(3)16)10(14-7(2)15)12(21-9(4)17)13(18-5)19-6/h6,10-13H,1-5H3,(H,14,15)/t6-,10-,11+,12-,13+/m0/s1. The third kappa shape index (κ3) is 4.68. The topological polar surface area (TPSA) is 100 Å². The Hall–Kier alpha value is -1.67. The molecule has 0 aliphatic carbocycles. The number of ether oxygens (including phenoxy) is 4. The van der Waals surface area contributed by atoms with Crippen LogP contribution in [0.4, 0.5) is 0 Å². The van der Waals surface area contributed by atoms with Gasteiger partial charge in [0.1, 0.15) is 6.04 Å². The highest BCUT2D eigenvalue weighted by Crippen LogP contribution is 2.26. The van der Waals surface area contributed by atoms with E-state index >= 15 is 0 Å². The lowest BCUT2D eigenvalue weighted by molar-refractivity contribution is -0.270. The zero-order valence-corrected chi connectivity index (χ0v) is 12.7. The molecular formula is C13H21NO7. The molecule has 5 atom stereocenters. The maximum absolute atomic E-state index is 11.4. The van der Waals surface area contributed by atoms with Crippen molar-refractivity contribution in [1.29, 1.82) is 0 Å². The summed E-state index contributed by atoms with van der Waals surface area (Å²) >= 11 is 0. The summed E-state index contributed by atoms with van der Waals surface area (Å²) in [6, 6.07) is -0.760. The van der Waals surface area contributed by atoms with Crippen molar-refractivity contribution in [2.45, 2.75) is 58.3 Å². The average Bonchev–Trinajstić information content (AvgIpc) is 2.35. The van der Waals surface area contributed by atoms with Gasteiger partial charge < -0.3 is 24.3 Å². The van der Waals surface area contributed by atoms with E-state index in [-0.39, 0.29) is 5.91 Å². The quantitative estimate of drug-likeness (QED) is 0.714. The first kappa shape index (κ1) is 17.4. The number of hydrogen-bond acceptors (Lipinski definition) is 7. The molecular weight excluding hydrogens is 282 g/mol. The Morgan fingerprint density at radius 1 is 1.00 bits per heavy atom. The molecule has 0 bridgehead atoms. The zero-order valence-electron chi connectivity index (χ0n) is 12.7. The molecule has 8 heteroatoms. The summed E-state index contributed by atoms with van der Waals surface area (Å²) in [5, 5.41) is 2.63. The summed E-state index contributed by atoms with van der Waals surface area (Å²) < 4.78 is 21.1. The van der Waals surface area contributed by atoms with Gasteiger partial charge in [0.25, 0.3) is 0 Å². The Kier molecular flexibility index (Phi) is 6.10. The van der Waals surface area contributed by atoms with Crippen LogP contribution in [0.5, 0.6) is 0 Å². The predicted molar refractivity (Wildman–Crippen MR) is 70.1 cm³/mol. The van der Waals surface area contributed by atoms with Crippen LogP contribution in [0, 0.1) is 0 Å². The van der Waals surface area contributed by atoms with Crippen molar-refractivity contribution in [3.63, 3.8) is 0 Å². The van der Waals surface area contributed by atoms with Gasteiger partial charge >= 0.3 is 11.9 Å². The van der Waals surface area contributed by atoms with Crippen LogP contribution in [0.2, 0.25) is 0 Å². The third-order valence-electron chi connectivity index (χ3n) is 2.99. The van der Waals surface area contributed by atoms with Crippen molar-refractivity contribution < 1.29 is 33.3 Å². The molecule has 0 radical (unpaired) electrons. The summed E-state index contributed by atoms with van der Waals surface area (Å²) in [4.78, 5) is 33.9. The van der Waals surface area contributed by atoms with Crippen LogP contribution in [-0.4, -0.2) is 55.6 Å². The first-order chi connectivity index (χ1) is 9.76. The normalized spacial score (nSPS) is 32.1. The summed E-state index contributed by atoms with van der Waals surface area (Å²) in [6.07, 6.45) is -3.12. The summed E-state index contributed by atoms with van der Waals surface area (Å²) in [7, 11) is 1.39. The first-order valence-electron chi connectivity index (χ1n) is 6.56. The number of carbonyl (C=O) groups is 3. The second kappa shape index (κ2) is 7.37. The fourth-order valence-electron chi connectivity index (χ4n) is 2.28. The molecule has 21 heavy (non-hydrogen) atoms. The molecule has 0 aromatic carbocycles.